The summed E-state index contributed by atoms with van der Waals surface area (Å²) in [6, 6.07) is 6.83. The Morgan fingerprint density at radius 3 is 1.96 bits per heavy atom. The first-order valence-electron chi connectivity index (χ1n) is 5.99. The van der Waals surface area contributed by atoms with E-state index >= 15 is 0 Å². The molecule has 9 heteroatoms. The molecule has 2 aromatic carbocycles. The molecule has 6 nitrogen and oxygen atoms in total. The predicted octanol–water partition coefficient (Wildman–Crippen LogP) is -1.39. The van der Waals surface area contributed by atoms with Gasteiger partial charge in [0.1, 0.15) is 10.1 Å². The topological polar surface area (TPSA) is 117 Å². The van der Waals surface area contributed by atoms with Crippen LogP contribution in [0, 0.1) is 0 Å². The van der Waals surface area contributed by atoms with Crippen LogP contribution in [0.25, 0.3) is 0 Å². The van der Waals surface area contributed by atoms with E-state index in [0.717, 1.165) is 6.07 Å². The summed E-state index contributed by atoms with van der Waals surface area (Å²) in [5.41, 5.74) is 4.82. The monoisotopic (exact) mass is 359 g/mol. The molecule has 0 saturated heterocycles. The standard InChI is InChI=1S/C14H8ClNO5S.Na/c15-8-5-9(22(19,20)21)12(16)11-10(8)13(17)6-3-1-2-4-7(6)14(11)18;/h1-5H,16H2,(H,19,20,21);/q;+1/p-1. The molecule has 0 heterocycles. The first-order valence-corrected chi connectivity index (χ1v) is 7.78. The minimum absolute atomic E-state index is 0. The van der Waals surface area contributed by atoms with E-state index in [1.807, 2.05) is 0 Å². The molecule has 2 N–H and O–H groups in total. The Morgan fingerprint density at radius 2 is 1.48 bits per heavy atom. The van der Waals surface area contributed by atoms with Gasteiger partial charge in [0.15, 0.2) is 11.6 Å². The Morgan fingerprint density at radius 1 is 1.00 bits per heavy atom. The fraction of sp³-hybridized carbons (Fsp3) is 0. The molecule has 0 aromatic heterocycles. The number of fused-ring (bicyclic) bond motifs is 2. The zero-order valence-electron chi connectivity index (χ0n) is 11.8. The van der Waals surface area contributed by atoms with Crippen molar-refractivity contribution < 1.29 is 52.1 Å². The molecule has 2 aromatic rings. The number of nitrogen functional groups attached to an aromatic ring is 1. The first-order chi connectivity index (χ1) is 10.2. The zero-order chi connectivity index (χ0) is 16.2. The minimum atomic E-state index is -4.93. The Balaban J connectivity index is 0.00000192. The van der Waals surface area contributed by atoms with Gasteiger partial charge in [0.2, 0.25) is 0 Å². The van der Waals surface area contributed by atoms with Crippen LogP contribution in [-0.4, -0.2) is 24.5 Å². The first kappa shape index (κ1) is 18.1. The maximum atomic E-state index is 12.5. The third-order valence-electron chi connectivity index (χ3n) is 3.42. The molecule has 0 amide bonds. The van der Waals surface area contributed by atoms with Gasteiger partial charge >= 0.3 is 29.6 Å². The molecule has 0 unspecified atom stereocenters. The van der Waals surface area contributed by atoms with Gasteiger partial charge in [-0.1, -0.05) is 35.9 Å². The van der Waals surface area contributed by atoms with Crippen LogP contribution in [0.4, 0.5) is 5.69 Å². The number of rotatable bonds is 1. The number of ketones is 2. The molecule has 0 spiro atoms. The third kappa shape index (κ3) is 2.73. The molecule has 0 saturated carbocycles. The summed E-state index contributed by atoms with van der Waals surface area (Å²) in [4.78, 5) is 24.2. The van der Waals surface area contributed by atoms with E-state index < -0.39 is 32.3 Å². The van der Waals surface area contributed by atoms with Crippen molar-refractivity contribution in [3.05, 3.63) is 57.6 Å². The number of carbonyl (C=O) groups is 2. The number of anilines is 1. The third-order valence-corrected chi connectivity index (χ3v) is 4.60. The van der Waals surface area contributed by atoms with Crippen LogP contribution in [0.5, 0.6) is 0 Å². The molecule has 3 rings (SSSR count). The van der Waals surface area contributed by atoms with Crippen LogP contribution in [0.3, 0.4) is 0 Å². The Kier molecular flexibility index (Phi) is 4.74. The van der Waals surface area contributed by atoms with Gasteiger partial charge in [-0.15, -0.1) is 0 Å². The van der Waals surface area contributed by atoms with Gasteiger partial charge in [0.05, 0.1) is 26.7 Å². The van der Waals surface area contributed by atoms with Crippen LogP contribution in [0.15, 0.2) is 35.2 Å². The van der Waals surface area contributed by atoms with Crippen LogP contribution in [-0.2, 0) is 10.1 Å². The number of hydrogen-bond acceptors (Lipinski definition) is 6. The maximum Gasteiger partial charge on any atom is 1.00 e. The average Bonchev–Trinajstić information content (AvgIpc) is 2.45. The summed E-state index contributed by atoms with van der Waals surface area (Å²) in [6.45, 7) is 0. The van der Waals surface area contributed by atoms with Crippen LogP contribution >= 0.6 is 11.6 Å². The van der Waals surface area contributed by atoms with Crippen molar-refractivity contribution in [2.45, 2.75) is 4.90 Å². The van der Waals surface area contributed by atoms with Crippen LogP contribution in [0.2, 0.25) is 5.02 Å². The summed E-state index contributed by atoms with van der Waals surface area (Å²) < 4.78 is 33.7. The van der Waals surface area contributed by atoms with Gasteiger partial charge < -0.3 is 10.3 Å². The molecule has 0 radical (unpaired) electrons. The van der Waals surface area contributed by atoms with E-state index in [2.05, 4.69) is 0 Å². The van der Waals surface area contributed by atoms with Gasteiger partial charge in [-0.2, -0.15) is 0 Å². The minimum Gasteiger partial charge on any atom is -0.744 e. The van der Waals surface area contributed by atoms with Crippen molar-refractivity contribution in [2.24, 2.45) is 0 Å². The summed E-state index contributed by atoms with van der Waals surface area (Å²) in [5.74, 6) is -1.19. The second-order valence-corrected chi connectivity index (χ2v) is 6.43. The molecule has 0 bridgehead atoms. The average molecular weight is 360 g/mol. The zero-order valence-corrected chi connectivity index (χ0v) is 15.4. The van der Waals surface area contributed by atoms with E-state index in [0.29, 0.717) is 0 Å². The van der Waals surface area contributed by atoms with Crippen molar-refractivity contribution in [3.8, 4) is 0 Å². The SMILES string of the molecule is Nc1c(S(=O)(=O)[O-])cc(Cl)c2c1C(=O)c1ccccc1C2=O.[Na+]. The number of nitrogens with two attached hydrogens (primary N) is 1. The largest absolute Gasteiger partial charge is 1.00 e. The van der Waals surface area contributed by atoms with Crippen molar-refractivity contribution in [1.82, 2.24) is 0 Å². The Labute approximate surface area is 158 Å². The predicted molar refractivity (Wildman–Crippen MR) is 77.1 cm³/mol. The Hall–Kier alpha value is -1.22. The summed E-state index contributed by atoms with van der Waals surface area (Å²) in [6.07, 6.45) is 0. The normalized spacial score (nSPS) is 13.1. The number of hydrogen-bond donors (Lipinski definition) is 1. The van der Waals surface area contributed by atoms with Gasteiger partial charge in [-0.25, -0.2) is 8.42 Å². The molecule has 112 valence electrons. The fourth-order valence-corrected chi connectivity index (χ4v) is 3.44. The molecule has 23 heavy (non-hydrogen) atoms. The number of halogens is 1. The van der Waals surface area contributed by atoms with Crippen LogP contribution in [0.1, 0.15) is 31.8 Å². The molecule has 0 atom stereocenters. The van der Waals surface area contributed by atoms with Gasteiger partial charge in [0.25, 0.3) is 0 Å². The molecular formula is C14H7ClNNaO5S. The maximum absolute atomic E-state index is 12.5. The molecule has 1 aliphatic carbocycles. The van der Waals surface area contributed by atoms with E-state index in [9.17, 15) is 22.6 Å². The van der Waals surface area contributed by atoms with E-state index in [1.54, 1.807) is 12.1 Å². The fourth-order valence-electron chi connectivity index (χ4n) is 2.46. The van der Waals surface area contributed by atoms with Crippen molar-refractivity contribution in [1.29, 1.82) is 0 Å². The van der Waals surface area contributed by atoms with Crippen molar-refractivity contribution in [2.75, 3.05) is 5.73 Å². The van der Waals surface area contributed by atoms with Crippen molar-refractivity contribution >= 4 is 39.0 Å². The van der Waals surface area contributed by atoms with Crippen molar-refractivity contribution in [3.63, 3.8) is 0 Å². The van der Waals surface area contributed by atoms with Gasteiger partial charge in [-0.3, -0.25) is 9.59 Å². The van der Waals surface area contributed by atoms with Crippen LogP contribution < -0.4 is 35.3 Å². The number of benzene rings is 2. The summed E-state index contributed by atoms with van der Waals surface area (Å²) >= 11 is 5.92. The molecular weight excluding hydrogens is 353 g/mol. The Bertz CT molecular complexity index is 971. The quantitative estimate of drug-likeness (QED) is 0.324. The molecule has 0 fully saturated rings. The van der Waals surface area contributed by atoms with Gasteiger partial charge in [0, 0.05) is 11.1 Å². The van der Waals surface area contributed by atoms with E-state index in [1.165, 1.54) is 12.1 Å². The smallest absolute Gasteiger partial charge is 0.744 e. The molecule has 0 aliphatic heterocycles. The molecule has 1 aliphatic rings. The van der Waals surface area contributed by atoms with E-state index in [4.69, 9.17) is 17.3 Å². The second-order valence-electron chi connectivity index (χ2n) is 4.68. The summed E-state index contributed by atoms with van der Waals surface area (Å²) in [5, 5.41) is -0.300. The second kappa shape index (κ2) is 6.01. The van der Waals surface area contributed by atoms with E-state index in [-0.39, 0.29) is 56.8 Å². The number of carbonyl (C=O) groups excluding carboxylic acids is 2. The summed E-state index contributed by atoms with van der Waals surface area (Å²) in [7, 11) is -4.93. The van der Waals surface area contributed by atoms with Gasteiger partial charge in [-0.05, 0) is 6.07 Å².